The molecule has 0 bridgehead atoms. The second kappa shape index (κ2) is 7.45. The van der Waals surface area contributed by atoms with Crippen LogP contribution in [0.3, 0.4) is 0 Å². The lowest BCUT2D eigenvalue weighted by Crippen LogP contribution is -2.23. The molecule has 1 atom stereocenters. The van der Waals surface area contributed by atoms with E-state index in [1.54, 1.807) is 21.1 Å². The first-order valence-corrected chi connectivity index (χ1v) is 7.96. The van der Waals surface area contributed by atoms with Gasteiger partial charge in [0, 0.05) is 12.3 Å². The summed E-state index contributed by atoms with van der Waals surface area (Å²) in [6.45, 7) is 2.28. The second-order valence-electron chi connectivity index (χ2n) is 4.97. The van der Waals surface area contributed by atoms with Gasteiger partial charge >= 0.3 is 0 Å². The van der Waals surface area contributed by atoms with Gasteiger partial charge in [-0.1, -0.05) is 17.8 Å². The van der Waals surface area contributed by atoms with Crippen LogP contribution >= 0.6 is 11.8 Å². The minimum absolute atomic E-state index is 0.0395. The Morgan fingerprint density at radius 1 is 1.27 bits per heavy atom. The molecule has 118 valence electrons. The number of ketones is 1. The molecule has 0 N–H and O–H groups in total. The number of ether oxygens (including phenoxy) is 2. The standard InChI is InChI=1S/C16H19NO4S/c1-10(15-12(18)9-22-16(15)19)17-7-6-11-4-5-13(20-2)14(8-11)21-3/h4-5,8,15H,6-7,9H2,1-3H3. The molecule has 1 aliphatic rings. The topological polar surface area (TPSA) is 65.0 Å². The monoisotopic (exact) mass is 321 g/mol. The molecule has 1 heterocycles. The third kappa shape index (κ3) is 3.68. The van der Waals surface area contributed by atoms with Gasteiger partial charge in [-0.05, 0) is 31.0 Å². The molecule has 0 spiro atoms. The second-order valence-corrected chi connectivity index (χ2v) is 5.95. The maximum absolute atomic E-state index is 11.7. The van der Waals surface area contributed by atoms with Crippen molar-refractivity contribution in [2.45, 2.75) is 13.3 Å². The summed E-state index contributed by atoms with van der Waals surface area (Å²) >= 11 is 1.08. The highest BCUT2D eigenvalue weighted by Crippen LogP contribution is 2.28. The smallest absolute Gasteiger partial charge is 0.205 e. The van der Waals surface area contributed by atoms with E-state index in [0.29, 0.717) is 30.2 Å². The molecule has 5 nitrogen and oxygen atoms in total. The molecule has 1 saturated heterocycles. The number of thioether (sulfide) groups is 1. The quantitative estimate of drug-likeness (QED) is 0.593. The Morgan fingerprint density at radius 2 is 2.00 bits per heavy atom. The largest absolute Gasteiger partial charge is 0.493 e. The Kier molecular flexibility index (Phi) is 5.60. The minimum atomic E-state index is -0.643. The van der Waals surface area contributed by atoms with Crippen LogP contribution in [0.4, 0.5) is 0 Å². The Bertz CT molecular complexity index is 596. The lowest BCUT2D eigenvalue weighted by molar-refractivity contribution is -0.122. The molecule has 1 aliphatic heterocycles. The number of carbonyl (C=O) groups is 2. The van der Waals surface area contributed by atoms with E-state index >= 15 is 0 Å². The fourth-order valence-electron chi connectivity index (χ4n) is 2.33. The van der Waals surface area contributed by atoms with Crippen molar-refractivity contribution >= 4 is 28.4 Å². The number of rotatable bonds is 6. The molecule has 1 aromatic rings. The summed E-state index contributed by atoms with van der Waals surface area (Å²) in [7, 11) is 3.19. The van der Waals surface area contributed by atoms with Crippen LogP contribution < -0.4 is 9.47 Å². The zero-order chi connectivity index (χ0) is 16.1. The molecule has 0 saturated carbocycles. The molecule has 6 heteroatoms. The van der Waals surface area contributed by atoms with E-state index in [-0.39, 0.29) is 16.7 Å². The Morgan fingerprint density at radius 3 is 2.59 bits per heavy atom. The van der Waals surface area contributed by atoms with Crippen LogP contribution in [0.1, 0.15) is 12.5 Å². The Balaban J connectivity index is 1.99. The zero-order valence-electron chi connectivity index (χ0n) is 12.9. The third-order valence-electron chi connectivity index (χ3n) is 3.54. The van der Waals surface area contributed by atoms with E-state index in [1.165, 1.54) is 0 Å². The van der Waals surface area contributed by atoms with Crippen molar-refractivity contribution in [2.24, 2.45) is 10.9 Å². The molecular formula is C16H19NO4S. The number of hydrogen-bond donors (Lipinski definition) is 0. The van der Waals surface area contributed by atoms with Gasteiger partial charge in [-0.25, -0.2) is 0 Å². The highest BCUT2D eigenvalue weighted by atomic mass is 32.2. The van der Waals surface area contributed by atoms with Crippen molar-refractivity contribution in [2.75, 3.05) is 26.5 Å². The van der Waals surface area contributed by atoms with Gasteiger partial charge in [-0.3, -0.25) is 14.6 Å². The number of aliphatic imine (C=N–C) groups is 1. The highest BCUT2D eigenvalue weighted by Gasteiger charge is 2.35. The summed E-state index contributed by atoms with van der Waals surface area (Å²) < 4.78 is 10.5. The summed E-state index contributed by atoms with van der Waals surface area (Å²) in [4.78, 5) is 27.7. The number of carbonyl (C=O) groups excluding carboxylic acids is 2. The first-order chi connectivity index (χ1) is 10.6. The van der Waals surface area contributed by atoms with Crippen molar-refractivity contribution in [1.82, 2.24) is 0 Å². The van der Waals surface area contributed by atoms with Crippen LogP contribution in [0, 0.1) is 5.92 Å². The van der Waals surface area contributed by atoms with Gasteiger partial charge in [0.2, 0.25) is 5.12 Å². The number of Topliss-reactive ketones (excluding diaryl/α,β-unsaturated/α-hetero) is 1. The van der Waals surface area contributed by atoms with Crippen LogP contribution in [-0.2, 0) is 16.0 Å². The summed E-state index contributed by atoms with van der Waals surface area (Å²) in [6.07, 6.45) is 0.708. The van der Waals surface area contributed by atoms with Gasteiger partial charge in [0.25, 0.3) is 0 Å². The first kappa shape index (κ1) is 16.5. The molecule has 1 fully saturated rings. The molecular weight excluding hydrogens is 302 g/mol. The zero-order valence-corrected chi connectivity index (χ0v) is 13.7. The molecule has 1 unspecified atom stereocenters. The van der Waals surface area contributed by atoms with Crippen molar-refractivity contribution in [3.63, 3.8) is 0 Å². The Hall–Kier alpha value is -1.82. The SMILES string of the molecule is COc1ccc(CCN=C(C)C2C(=O)CSC2=O)cc1OC. The maximum atomic E-state index is 11.7. The van der Waals surface area contributed by atoms with E-state index in [9.17, 15) is 9.59 Å². The number of methoxy groups -OCH3 is 2. The lowest BCUT2D eigenvalue weighted by atomic mass is 10.0. The average molecular weight is 321 g/mol. The third-order valence-corrected chi connectivity index (χ3v) is 4.49. The van der Waals surface area contributed by atoms with Crippen LogP contribution in [0.5, 0.6) is 11.5 Å². The van der Waals surface area contributed by atoms with Gasteiger partial charge in [0.05, 0.1) is 20.0 Å². The van der Waals surface area contributed by atoms with Crippen molar-refractivity contribution in [1.29, 1.82) is 0 Å². The first-order valence-electron chi connectivity index (χ1n) is 6.98. The van der Waals surface area contributed by atoms with Gasteiger partial charge in [0.1, 0.15) is 5.92 Å². The normalized spacial score (nSPS) is 18.7. The number of hydrogen-bond acceptors (Lipinski definition) is 6. The van der Waals surface area contributed by atoms with Crippen molar-refractivity contribution in [3.8, 4) is 11.5 Å². The highest BCUT2D eigenvalue weighted by molar-refractivity contribution is 8.15. The van der Waals surface area contributed by atoms with Crippen LogP contribution in [-0.4, -0.2) is 43.1 Å². The fraction of sp³-hybridized carbons (Fsp3) is 0.438. The van der Waals surface area contributed by atoms with Gasteiger partial charge in [-0.15, -0.1) is 0 Å². The molecule has 0 radical (unpaired) electrons. The lowest BCUT2D eigenvalue weighted by Gasteiger charge is -2.09. The molecule has 0 aromatic heterocycles. The van der Waals surface area contributed by atoms with Crippen molar-refractivity contribution in [3.05, 3.63) is 23.8 Å². The van der Waals surface area contributed by atoms with E-state index in [2.05, 4.69) is 4.99 Å². The molecule has 2 rings (SSSR count). The van der Waals surface area contributed by atoms with Crippen LogP contribution in [0.25, 0.3) is 0 Å². The molecule has 0 aliphatic carbocycles. The summed E-state index contributed by atoms with van der Waals surface area (Å²) in [5.41, 5.74) is 1.67. The van der Waals surface area contributed by atoms with Crippen LogP contribution in [0.2, 0.25) is 0 Å². The maximum Gasteiger partial charge on any atom is 0.205 e. The van der Waals surface area contributed by atoms with Crippen molar-refractivity contribution < 1.29 is 19.1 Å². The molecule has 1 aromatic carbocycles. The van der Waals surface area contributed by atoms with Gasteiger partial charge < -0.3 is 9.47 Å². The molecule has 22 heavy (non-hydrogen) atoms. The van der Waals surface area contributed by atoms with E-state index in [1.807, 2.05) is 18.2 Å². The van der Waals surface area contributed by atoms with E-state index in [4.69, 9.17) is 9.47 Å². The summed E-state index contributed by atoms with van der Waals surface area (Å²) in [5, 5.41) is -0.0858. The predicted molar refractivity (Wildman–Crippen MR) is 87.2 cm³/mol. The summed E-state index contributed by atoms with van der Waals surface area (Å²) in [6, 6.07) is 5.71. The van der Waals surface area contributed by atoms with Crippen LogP contribution in [0.15, 0.2) is 23.2 Å². The molecule has 0 amide bonds. The fourth-order valence-corrected chi connectivity index (χ4v) is 3.25. The van der Waals surface area contributed by atoms with E-state index < -0.39 is 5.92 Å². The van der Waals surface area contributed by atoms with Gasteiger partial charge in [-0.2, -0.15) is 0 Å². The van der Waals surface area contributed by atoms with Gasteiger partial charge in [0.15, 0.2) is 17.3 Å². The van der Waals surface area contributed by atoms with E-state index in [0.717, 1.165) is 17.3 Å². The Labute approximate surface area is 134 Å². The predicted octanol–water partition coefficient (Wildman–Crippen LogP) is 2.17. The summed E-state index contributed by atoms with van der Waals surface area (Å²) in [5.74, 6) is 0.951. The number of nitrogens with zero attached hydrogens (tertiary/aromatic N) is 1. The minimum Gasteiger partial charge on any atom is -0.493 e. The average Bonchev–Trinajstić information content (AvgIpc) is 2.86. The number of benzene rings is 1.